The molecule has 1 amide bonds. The number of primary amides is 1. The van der Waals surface area contributed by atoms with Crippen molar-refractivity contribution in [3.63, 3.8) is 0 Å². The Hall–Kier alpha value is -2.30. The van der Waals surface area contributed by atoms with Gasteiger partial charge in [-0.2, -0.15) is 18.4 Å². The quantitative estimate of drug-likeness (QED) is 0.893. The first-order chi connectivity index (χ1) is 9.74. The Balaban J connectivity index is 2.38. The normalized spacial score (nSPS) is 22.1. The number of alkyl halides is 3. The summed E-state index contributed by atoms with van der Waals surface area (Å²) in [7, 11) is 0. The molecule has 0 aliphatic carbocycles. The van der Waals surface area contributed by atoms with E-state index in [0.717, 1.165) is 0 Å². The summed E-state index contributed by atoms with van der Waals surface area (Å²) in [6.07, 6.45) is -4.52. The first-order valence-corrected chi connectivity index (χ1v) is 6.22. The van der Waals surface area contributed by atoms with Gasteiger partial charge in [-0.25, -0.2) is 4.98 Å². The molecule has 1 aliphatic heterocycles. The van der Waals surface area contributed by atoms with Crippen LogP contribution in [0.4, 0.5) is 19.0 Å². The monoisotopic (exact) mass is 298 g/mol. The minimum absolute atomic E-state index is 0.163. The van der Waals surface area contributed by atoms with Gasteiger partial charge in [0.05, 0.1) is 17.4 Å². The molecule has 0 unspecified atom stereocenters. The topological polar surface area (TPSA) is 83.0 Å². The molecule has 1 aromatic rings. The van der Waals surface area contributed by atoms with E-state index in [-0.39, 0.29) is 17.9 Å². The Bertz CT molecular complexity index is 608. The van der Waals surface area contributed by atoms with Crippen LogP contribution in [0.2, 0.25) is 0 Å². The number of anilines is 1. The minimum Gasteiger partial charge on any atom is -0.369 e. The van der Waals surface area contributed by atoms with Crippen molar-refractivity contribution in [2.75, 3.05) is 18.0 Å². The lowest BCUT2D eigenvalue weighted by Crippen LogP contribution is -2.37. The summed E-state index contributed by atoms with van der Waals surface area (Å²) >= 11 is 0. The van der Waals surface area contributed by atoms with E-state index in [1.165, 1.54) is 11.0 Å². The predicted molar refractivity (Wildman–Crippen MR) is 68.1 cm³/mol. The number of nitriles is 1. The minimum atomic E-state index is -4.52. The van der Waals surface area contributed by atoms with Crippen molar-refractivity contribution >= 4 is 11.7 Å². The summed E-state index contributed by atoms with van der Waals surface area (Å²) in [4.78, 5) is 16.7. The maximum absolute atomic E-state index is 13.0. The molecule has 1 fully saturated rings. The molecular weight excluding hydrogens is 285 g/mol. The van der Waals surface area contributed by atoms with Crippen LogP contribution in [0.15, 0.2) is 12.1 Å². The molecule has 1 aliphatic rings. The van der Waals surface area contributed by atoms with E-state index >= 15 is 0 Å². The second-order valence-corrected chi connectivity index (χ2v) is 5.00. The Morgan fingerprint density at radius 3 is 2.62 bits per heavy atom. The summed E-state index contributed by atoms with van der Waals surface area (Å²) in [5, 5.41) is 9.04. The maximum atomic E-state index is 13.0. The average molecular weight is 298 g/mol. The predicted octanol–water partition coefficient (Wildman–Crippen LogP) is 1.36. The van der Waals surface area contributed by atoms with Crippen molar-refractivity contribution in [3.8, 4) is 6.07 Å². The molecule has 0 radical (unpaired) electrons. The molecule has 5 nitrogen and oxygen atoms in total. The molecule has 0 saturated carbocycles. The van der Waals surface area contributed by atoms with E-state index in [4.69, 9.17) is 11.0 Å². The molecule has 2 N–H and O–H groups in total. The highest BCUT2D eigenvalue weighted by molar-refractivity contribution is 5.79. The molecule has 1 aromatic heterocycles. The zero-order valence-corrected chi connectivity index (χ0v) is 11.2. The van der Waals surface area contributed by atoms with Crippen LogP contribution >= 0.6 is 0 Å². The van der Waals surface area contributed by atoms with Gasteiger partial charge in [0.1, 0.15) is 11.9 Å². The highest BCUT2D eigenvalue weighted by Gasteiger charge is 2.52. The summed E-state index contributed by atoms with van der Waals surface area (Å²) in [5.74, 6) is -4.01. The highest BCUT2D eigenvalue weighted by Crippen LogP contribution is 2.39. The lowest BCUT2D eigenvalue weighted by atomic mass is 9.95. The van der Waals surface area contributed by atoms with Crippen LogP contribution in [0, 0.1) is 30.1 Å². The van der Waals surface area contributed by atoms with Gasteiger partial charge >= 0.3 is 6.18 Å². The number of nitrogens with two attached hydrogens (primary N) is 1. The smallest absolute Gasteiger partial charge is 0.369 e. The maximum Gasteiger partial charge on any atom is 0.394 e. The molecule has 112 valence electrons. The van der Waals surface area contributed by atoms with Crippen molar-refractivity contribution in [2.45, 2.75) is 13.1 Å². The van der Waals surface area contributed by atoms with Gasteiger partial charge in [0.2, 0.25) is 5.91 Å². The number of amides is 1. The zero-order valence-electron chi connectivity index (χ0n) is 11.2. The molecule has 2 rings (SSSR count). The van der Waals surface area contributed by atoms with Crippen LogP contribution in [0.5, 0.6) is 0 Å². The molecule has 1 saturated heterocycles. The molecule has 0 spiro atoms. The summed E-state index contributed by atoms with van der Waals surface area (Å²) < 4.78 is 39.0. The van der Waals surface area contributed by atoms with Crippen molar-refractivity contribution in [2.24, 2.45) is 17.6 Å². The second-order valence-electron chi connectivity index (χ2n) is 5.00. The van der Waals surface area contributed by atoms with Gasteiger partial charge in [-0.3, -0.25) is 4.79 Å². The number of hydrogen-bond donors (Lipinski definition) is 1. The van der Waals surface area contributed by atoms with E-state index in [9.17, 15) is 18.0 Å². The Kier molecular flexibility index (Phi) is 3.77. The fourth-order valence-corrected chi connectivity index (χ4v) is 2.47. The first-order valence-electron chi connectivity index (χ1n) is 6.22. The van der Waals surface area contributed by atoms with Gasteiger partial charge < -0.3 is 10.6 Å². The Morgan fingerprint density at radius 2 is 2.14 bits per heavy atom. The van der Waals surface area contributed by atoms with Gasteiger partial charge in [0.25, 0.3) is 0 Å². The Morgan fingerprint density at radius 1 is 1.48 bits per heavy atom. The number of aryl methyl sites for hydroxylation is 1. The third-order valence-electron chi connectivity index (χ3n) is 3.54. The lowest BCUT2D eigenvalue weighted by Gasteiger charge is -2.20. The van der Waals surface area contributed by atoms with Gasteiger partial charge in [-0.05, 0) is 19.1 Å². The van der Waals surface area contributed by atoms with E-state index in [1.807, 2.05) is 6.07 Å². The molecule has 8 heteroatoms. The van der Waals surface area contributed by atoms with Crippen LogP contribution in [0.25, 0.3) is 0 Å². The van der Waals surface area contributed by atoms with Gasteiger partial charge in [0, 0.05) is 18.8 Å². The first kappa shape index (κ1) is 15.1. The summed E-state index contributed by atoms with van der Waals surface area (Å²) in [6, 6.07) is 5.00. The van der Waals surface area contributed by atoms with Gasteiger partial charge in [-0.1, -0.05) is 0 Å². The standard InChI is InChI=1S/C13H13F3N4O/c1-7-2-3-8(4-17)12(19-7)20-5-9(11(18)21)10(6-20)13(14,15)16/h2-3,9-10H,5-6H2,1H3,(H2,18,21)/t9-,10-/m1/s1. The number of hydrogen-bond acceptors (Lipinski definition) is 4. The SMILES string of the molecule is Cc1ccc(C#N)c(N2C[C@@H](C(F)(F)F)[C@H](C(N)=O)C2)n1. The Labute approximate surface area is 119 Å². The van der Waals surface area contributed by atoms with Crippen LogP contribution in [-0.4, -0.2) is 30.2 Å². The summed E-state index contributed by atoms with van der Waals surface area (Å²) in [6.45, 7) is 1.06. The van der Waals surface area contributed by atoms with E-state index in [0.29, 0.717) is 5.69 Å². The van der Waals surface area contributed by atoms with Crippen LogP contribution in [-0.2, 0) is 4.79 Å². The number of pyridine rings is 1. The van der Waals surface area contributed by atoms with Crippen molar-refractivity contribution in [3.05, 3.63) is 23.4 Å². The zero-order chi connectivity index (χ0) is 15.8. The molecule has 2 heterocycles. The van der Waals surface area contributed by atoms with Crippen molar-refractivity contribution in [1.82, 2.24) is 4.98 Å². The average Bonchev–Trinajstić information content (AvgIpc) is 2.83. The van der Waals surface area contributed by atoms with Crippen LogP contribution < -0.4 is 10.6 Å². The number of carbonyl (C=O) groups excluding carboxylic acids is 1. The molecule has 0 bridgehead atoms. The van der Waals surface area contributed by atoms with Crippen LogP contribution in [0.3, 0.4) is 0 Å². The van der Waals surface area contributed by atoms with E-state index in [2.05, 4.69) is 4.98 Å². The van der Waals surface area contributed by atoms with Crippen LogP contribution in [0.1, 0.15) is 11.3 Å². The summed E-state index contributed by atoms with van der Waals surface area (Å²) in [5.41, 5.74) is 5.83. The molecular formula is C13H13F3N4O. The van der Waals surface area contributed by atoms with Gasteiger partial charge in [0.15, 0.2) is 0 Å². The fourth-order valence-electron chi connectivity index (χ4n) is 2.47. The fraction of sp³-hybridized carbons (Fsp3) is 0.462. The van der Waals surface area contributed by atoms with Crippen molar-refractivity contribution < 1.29 is 18.0 Å². The number of rotatable bonds is 2. The lowest BCUT2D eigenvalue weighted by molar-refractivity contribution is -0.181. The molecule has 2 atom stereocenters. The number of aromatic nitrogens is 1. The third kappa shape index (κ3) is 2.91. The van der Waals surface area contributed by atoms with E-state index in [1.54, 1.807) is 13.0 Å². The second kappa shape index (κ2) is 5.24. The van der Waals surface area contributed by atoms with E-state index < -0.39 is 30.5 Å². The highest BCUT2D eigenvalue weighted by atomic mass is 19.4. The number of carbonyl (C=O) groups is 1. The third-order valence-corrected chi connectivity index (χ3v) is 3.54. The largest absolute Gasteiger partial charge is 0.394 e. The molecule has 21 heavy (non-hydrogen) atoms. The van der Waals surface area contributed by atoms with Gasteiger partial charge in [-0.15, -0.1) is 0 Å². The number of halogens is 3. The van der Waals surface area contributed by atoms with Crippen molar-refractivity contribution in [1.29, 1.82) is 5.26 Å². The number of nitrogens with zero attached hydrogens (tertiary/aromatic N) is 3. The molecule has 0 aromatic carbocycles.